The summed E-state index contributed by atoms with van der Waals surface area (Å²) >= 11 is 0. The second-order valence-electron chi connectivity index (χ2n) is 7.13. The molecule has 0 unspecified atom stereocenters. The smallest absolute Gasteiger partial charge is 0.407 e. The van der Waals surface area contributed by atoms with Crippen molar-refractivity contribution < 1.29 is 28.9 Å². The zero-order valence-electron chi connectivity index (χ0n) is 16.5. The van der Waals surface area contributed by atoms with Gasteiger partial charge in [0.15, 0.2) is 0 Å². The maximum atomic E-state index is 11.4. The van der Waals surface area contributed by atoms with Crippen LogP contribution in [0.1, 0.15) is 56.8 Å². The van der Waals surface area contributed by atoms with Crippen molar-refractivity contribution in [1.29, 1.82) is 0 Å². The lowest BCUT2D eigenvalue weighted by molar-refractivity contribution is 0.0519. The number of hydrogen-bond acceptors (Lipinski definition) is 5. The first kappa shape index (κ1) is 22.8. The van der Waals surface area contributed by atoms with E-state index in [4.69, 9.17) is 19.3 Å². The highest BCUT2D eigenvalue weighted by atomic mass is 16.6. The third-order valence-electron chi connectivity index (χ3n) is 3.44. The lowest BCUT2D eigenvalue weighted by Crippen LogP contribution is -2.33. The highest BCUT2D eigenvalue weighted by Gasteiger charge is 2.15. The average Bonchev–Trinajstić information content (AvgIpc) is 2.58. The number of carboxylic acid groups (broad SMARTS) is 1. The Balaban J connectivity index is 1.92. The van der Waals surface area contributed by atoms with Crippen molar-refractivity contribution in [3.8, 4) is 5.75 Å². The number of aromatic carboxylic acids is 1. The number of carbonyl (C=O) groups is 2. The van der Waals surface area contributed by atoms with Gasteiger partial charge in [0.1, 0.15) is 11.4 Å². The van der Waals surface area contributed by atoms with Gasteiger partial charge in [0.25, 0.3) is 0 Å². The third-order valence-corrected chi connectivity index (χ3v) is 3.44. The van der Waals surface area contributed by atoms with Gasteiger partial charge < -0.3 is 24.6 Å². The molecule has 0 aliphatic heterocycles. The number of alkyl carbamates (subject to hydrolysis) is 1. The highest BCUT2D eigenvalue weighted by Crippen LogP contribution is 2.13. The Morgan fingerprint density at radius 2 is 1.59 bits per heavy atom. The van der Waals surface area contributed by atoms with Crippen LogP contribution >= 0.6 is 0 Å². The molecule has 1 rings (SSSR count). The van der Waals surface area contributed by atoms with Crippen molar-refractivity contribution in [3.05, 3.63) is 29.8 Å². The normalized spacial score (nSPS) is 11.1. The SMILES string of the molecule is CC(C)(C)OC(=O)NCCCOCCCCCOc1ccc(C(=O)O)cc1. The molecule has 7 heteroatoms. The molecule has 0 saturated heterocycles. The highest BCUT2D eigenvalue weighted by molar-refractivity contribution is 5.87. The summed E-state index contributed by atoms with van der Waals surface area (Å²) in [4.78, 5) is 22.2. The van der Waals surface area contributed by atoms with E-state index in [1.807, 2.05) is 20.8 Å². The zero-order chi connectivity index (χ0) is 20.1. The Kier molecular flexibility index (Phi) is 10.3. The van der Waals surface area contributed by atoms with E-state index in [0.29, 0.717) is 32.1 Å². The first-order valence-electron chi connectivity index (χ1n) is 9.29. The van der Waals surface area contributed by atoms with Crippen LogP contribution in [-0.4, -0.2) is 49.1 Å². The van der Waals surface area contributed by atoms with Crippen LogP contribution in [0.4, 0.5) is 4.79 Å². The van der Waals surface area contributed by atoms with Gasteiger partial charge in [-0.2, -0.15) is 0 Å². The quantitative estimate of drug-likeness (QED) is 0.534. The second kappa shape index (κ2) is 12.2. The Morgan fingerprint density at radius 3 is 2.22 bits per heavy atom. The molecule has 0 heterocycles. The number of ether oxygens (including phenoxy) is 3. The summed E-state index contributed by atoms with van der Waals surface area (Å²) in [6.07, 6.45) is 3.18. The van der Waals surface area contributed by atoms with Gasteiger partial charge >= 0.3 is 12.1 Å². The summed E-state index contributed by atoms with van der Waals surface area (Å²) in [5, 5.41) is 11.5. The largest absolute Gasteiger partial charge is 0.494 e. The van der Waals surface area contributed by atoms with Gasteiger partial charge in [0.2, 0.25) is 0 Å². The number of amides is 1. The van der Waals surface area contributed by atoms with Gasteiger partial charge in [0, 0.05) is 19.8 Å². The topological polar surface area (TPSA) is 94.1 Å². The molecule has 0 aliphatic rings. The minimum atomic E-state index is -0.942. The van der Waals surface area contributed by atoms with E-state index in [2.05, 4.69) is 5.32 Å². The minimum Gasteiger partial charge on any atom is -0.494 e. The minimum absolute atomic E-state index is 0.251. The molecular formula is C20H31NO6. The fraction of sp³-hybridized carbons (Fsp3) is 0.600. The second-order valence-corrected chi connectivity index (χ2v) is 7.13. The van der Waals surface area contributed by atoms with E-state index >= 15 is 0 Å². The molecule has 1 aromatic carbocycles. The summed E-state index contributed by atoms with van der Waals surface area (Å²) in [6, 6.07) is 6.39. The van der Waals surface area contributed by atoms with Gasteiger partial charge in [-0.05, 0) is 70.7 Å². The number of unbranched alkanes of at least 4 members (excludes halogenated alkanes) is 2. The summed E-state index contributed by atoms with van der Waals surface area (Å²) in [7, 11) is 0. The molecule has 0 radical (unpaired) electrons. The van der Waals surface area contributed by atoms with E-state index in [1.54, 1.807) is 12.1 Å². The lowest BCUT2D eigenvalue weighted by Gasteiger charge is -2.19. The van der Waals surface area contributed by atoms with E-state index in [-0.39, 0.29) is 5.56 Å². The first-order chi connectivity index (χ1) is 12.8. The van der Waals surface area contributed by atoms with Crippen molar-refractivity contribution in [2.45, 2.75) is 52.1 Å². The first-order valence-corrected chi connectivity index (χ1v) is 9.29. The zero-order valence-corrected chi connectivity index (χ0v) is 16.5. The maximum Gasteiger partial charge on any atom is 0.407 e. The Morgan fingerprint density at radius 1 is 0.963 bits per heavy atom. The van der Waals surface area contributed by atoms with Crippen LogP contribution in [0.15, 0.2) is 24.3 Å². The van der Waals surface area contributed by atoms with Gasteiger partial charge in [0.05, 0.1) is 12.2 Å². The van der Waals surface area contributed by atoms with Crippen LogP contribution in [0.25, 0.3) is 0 Å². The monoisotopic (exact) mass is 381 g/mol. The van der Waals surface area contributed by atoms with Crippen LogP contribution in [0.2, 0.25) is 0 Å². The predicted octanol–water partition coefficient (Wildman–Crippen LogP) is 3.87. The van der Waals surface area contributed by atoms with Gasteiger partial charge in [-0.15, -0.1) is 0 Å². The fourth-order valence-electron chi connectivity index (χ4n) is 2.15. The van der Waals surface area contributed by atoms with Crippen molar-refractivity contribution in [1.82, 2.24) is 5.32 Å². The van der Waals surface area contributed by atoms with Gasteiger partial charge in [-0.3, -0.25) is 0 Å². The average molecular weight is 381 g/mol. The summed E-state index contributed by atoms with van der Waals surface area (Å²) < 4.78 is 16.2. The Bertz CT molecular complexity index is 565. The number of nitrogens with one attached hydrogen (secondary N) is 1. The van der Waals surface area contributed by atoms with Crippen LogP contribution < -0.4 is 10.1 Å². The number of benzene rings is 1. The third kappa shape index (κ3) is 11.9. The van der Waals surface area contributed by atoms with Crippen molar-refractivity contribution in [3.63, 3.8) is 0 Å². The molecule has 152 valence electrons. The van der Waals surface area contributed by atoms with Crippen molar-refractivity contribution in [2.24, 2.45) is 0 Å². The summed E-state index contributed by atoms with van der Waals surface area (Å²) in [5.41, 5.74) is -0.229. The molecular weight excluding hydrogens is 350 g/mol. The summed E-state index contributed by atoms with van der Waals surface area (Å²) in [5.74, 6) is -0.268. The van der Waals surface area contributed by atoms with Crippen molar-refractivity contribution in [2.75, 3.05) is 26.4 Å². The van der Waals surface area contributed by atoms with Crippen molar-refractivity contribution >= 4 is 12.1 Å². The predicted molar refractivity (Wildman–Crippen MR) is 102 cm³/mol. The molecule has 0 aromatic heterocycles. The molecule has 0 spiro atoms. The lowest BCUT2D eigenvalue weighted by atomic mass is 10.2. The van der Waals surface area contributed by atoms with E-state index < -0.39 is 17.7 Å². The van der Waals surface area contributed by atoms with E-state index in [1.165, 1.54) is 12.1 Å². The van der Waals surface area contributed by atoms with Crippen LogP contribution in [0.3, 0.4) is 0 Å². The molecule has 0 aliphatic carbocycles. The molecule has 0 bridgehead atoms. The van der Waals surface area contributed by atoms with Gasteiger partial charge in [-0.25, -0.2) is 9.59 Å². The summed E-state index contributed by atoms with van der Waals surface area (Å²) in [6.45, 7) is 7.89. The molecule has 0 saturated carbocycles. The van der Waals surface area contributed by atoms with Crippen LogP contribution in [0.5, 0.6) is 5.75 Å². The van der Waals surface area contributed by atoms with Crippen LogP contribution in [-0.2, 0) is 9.47 Å². The molecule has 1 aromatic rings. The van der Waals surface area contributed by atoms with Gasteiger partial charge in [-0.1, -0.05) is 0 Å². The Labute approximate surface area is 161 Å². The molecule has 2 N–H and O–H groups in total. The number of carbonyl (C=O) groups excluding carboxylic acids is 1. The van der Waals surface area contributed by atoms with E-state index in [9.17, 15) is 9.59 Å². The standard InChI is InChI=1S/C20H31NO6/c1-20(2,3)27-19(24)21-12-7-14-25-13-5-4-6-15-26-17-10-8-16(9-11-17)18(22)23/h8-11H,4-7,12-15H2,1-3H3,(H,21,24)(H,22,23). The number of carboxylic acids is 1. The number of hydrogen-bond donors (Lipinski definition) is 2. The molecule has 27 heavy (non-hydrogen) atoms. The van der Waals surface area contributed by atoms with Crippen LogP contribution in [0, 0.1) is 0 Å². The van der Waals surface area contributed by atoms with E-state index in [0.717, 1.165) is 25.7 Å². The maximum absolute atomic E-state index is 11.4. The molecule has 7 nitrogen and oxygen atoms in total. The molecule has 0 atom stereocenters. The Hall–Kier alpha value is -2.28. The number of rotatable bonds is 12. The fourth-order valence-corrected chi connectivity index (χ4v) is 2.15. The molecule has 0 fully saturated rings. The molecule has 1 amide bonds.